The van der Waals surface area contributed by atoms with E-state index in [1.807, 2.05) is 79.7 Å². The number of hydrogen-bond acceptors (Lipinski definition) is 3. The normalized spacial score (nSPS) is 18.0. The van der Waals surface area contributed by atoms with E-state index in [0.717, 1.165) is 16.8 Å². The van der Waals surface area contributed by atoms with E-state index in [1.165, 1.54) is 11.8 Å². The van der Waals surface area contributed by atoms with Crippen LogP contribution in [-0.2, 0) is 4.79 Å². The fourth-order valence-electron chi connectivity index (χ4n) is 2.10. The van der Waals surface area contributed by atoms with Crippen molar-refractivity contribution in [3.05, 3.63) is 82.8 Å². The lowest BCUT2D eigenvalue weighted by molar-refractivity contribution is -0.115. The molecule has 1 amide bonds. The summed E-state index contributed by atoms with van der Waals surface area (Å²) in [5.74, 6) is -0.111. The van der Waals surface area contributed by atoms with Crippen LogP contribution in [0.15, 0.2) is 76.6 Å². The molecular formula is C19H16N2OS. The van der Waals surface area contributed by atoms with E-state index < -0.39 is 0 Å². The van der Waals surface area contributed by atoms with Crippen LogP contribution in [0.3, 0.4) is 0 Å². The van der Waals surface area contributed by atoms with Gasteiger partial charge in [-0.1, -0.05) is 60.7 Å². The standard InChI is InChI=1S/C19H16N2OS/c1-14-8-5-6-12-16(14)20-19-21-18(22)17(23-19)13-7-11-15-9-3-2-4-10-15/h2-13H,1H3,(H,20,21,22)/b11-7-,17-13-. The molecule has 0 atom stereocenters. The van der Waals surface area contributed by atoms with Crippen LogP contribution in [0.1, 0.15) is 11.1 Å². The minimum Gasteiger partial charge on any atom is -0.300 e. The molecule has 0 saturated carbocycles. The second-order valence-electron chi connectivity index (χ2n) is 5.06. The number of nitrogens with zero attached hydrogens (tertiary/aromatic N) is 1. The Labute approximate surface area is 139 Å². The molecule has 1 heterocycles. The third-order valence-corrected chi connectivity index (χ3v) is 4.25. The molecule has 0 bridgehead atoms. The monoisotopic (exact) mass is 320 g/mol. The lowest BCUT2D eigenvalue weighted by Crippen LogP contribution is -2.19. The number of amidine groups is 1. The molecule has 1 aliphatic heterocycles. The first-order valence-corrected chi connectivity index (χ1v) is 8.11. The number of carbonyl (C=O) groups excluding carboxylic acids is 1. The fraction of sp³-hybridized carbons (Fsp3) is 0.0526. The molecule has 3 nitrogen and oxygen atoms in total. The summed E-state index contributed by atoms with van der Waals surface area (Å²) in [4.78, 5) is 17.1. The summed E-state index contributed by atoms with van der Waals surface area (Å²) in [5.41, 5.74) is 3.05. The molecule has 2 aromatic carbocycles. The van der Waals surface area contributed by atoms with Gasteiger partial charge in [-0.15, -0.1) is 0 Å². The maximum Gasteiger partial charge on any atom is 0.264 e. The summed E-state index contributed by atoms with van der Waals surface area (Å²) in [7, 11) is 0. The molecule has 23 heavy (non-hydrogen) atoms. The van der Waals surface area contributed by atoms with Gasteiger partial charge >= 0.3 is 0 Å². The van der Waals surface area contributed by atoms with Crippen molar-refractivity contribution in [1.82, 2.24) is 5.32 Å². The fourth-order valence-corrected chi connectivity index (χ4v) is 2.89. The van der Waals surface area contributed by atoms with Crippen LogP contribution in [0.25, 0.3) is 6.08 Å². The number of allylic oxidation sites excluding steroid dienone is 2. The zero-order valence-electron chi connectivity index (χ0n) is 12.7. The van der Waals surface area contributed by atoms with Crippen LogP contribution >= 0.6 is 11.8 Å². The van der Waals surface area contributed by atoms with Crippen molar-refractivity contribution in [1.29, 1.82) is 0 Å². The highest BCUT2D eigenvalue weighted by atomic mass is 32.2. The quantitative estimate of drug-likeness (QED) is 0.849. The van der Waals surface area contributed by atoms with Crippen molar-refractivity contribution in [2.75, 3.05) is 0 Å². The lowest BCUT2D eigenvalue weighted by atomic mass is 10.2. The second kappa shape index (κ2) is 7.11. The summed E-state index contributed by atoms with van der Waals surface area (Å²) in [5, 5.41) is 3.41. The highest BCUT2D eigenvalue weighted by molar-refractivity contribution is 8.18. The average Bonchev–Trinajstić information content (AvgIpc) is 2.90. The zero-order valence-corrected chi connectivity index (χ0v) is 13.5. The van der Waals surface area contributed by atoms with Crippen LogP contribution in [0, 0.1) is 6.92 Å². The summed E-state index contributed by atoms with van der Waals surface area (Å²) < 4.78 is 0. The summed E-state index contributed by atoms with van der Waals surface area (Å²) in [6.07, 6.45) is 5.67. The Morgan fingerprint density at radius 2 is 1.78 bits per heavy atom. The van der Waals surface area contributed by atoms with Gasteiger partial charge in [0.15, 0.2) is 5.17 Å². The Kier molecular flexibility index (Phi) is 4.74. The van der Waals surface area contributed by atoms with E-state index in [0.29, 0.717) is 10.1 Å². The first kappa shape index (κ1) is 15.3. The molecule has 2 aromatic rings. The van der Waals surface area contributed by atoms with Crippen molar-refractivity contribution < 1.29 is 4.79 Å². The zero-order chi connectivity index (χ0) is 16.1. The van der Waals surface area contributed by atoms with Crippen LogP contribution in [-0.4, -0.2) is 11.1 Å². The van der Waals surface area contributed by atoms with E-state index in [-0.39, 0.29) is 5.91 Å². The Morgan fingerprint density at radius 3 is 2.57 bits per heavy atom. The number of thioether (sulfide) groups is 1. The highest BCUT2D eigenvalue weighted by Gasteiger charge is 2.23. The van der Waals surface area contributed by atoms with Gasteiger partial charge in [-0.25, -0.2) is 4.99 Å². The maximum atomic E-state index is 12.0. The predicted octanol–water partition coefficient (Wildman–Crippen LogP) is 4.44. The lowest BCUT2D eigenvalue weighted by Gasteiger charge is -1.99. The minimum atomic E-state index is -0.111. The molecule has 0 aliphatic carbocycles. The number of rotatable bonds is 3. The highest BCUT2D eigenvalue weighted by Crippen LogP contribution is 2.27. The van der Waals surface area contributed by atoms with E-state index in [2.05, 4.69) is 10.3 Å². The number of benzene rings is 2. The Morgan fingerprint density at radius 1 is 1.04 bits per heavy atom. The first-order chi connectivity index (χ1) is 11.2. The third kappa shape index (κ3) is 3.99. The topological polar surface area (TPSA) is 41.5 Å². The summed E-state index contributed by atoms with van der Waals surface area (Å²) >= 11 is 1.36. The van der Waals surface area contributed by atoms with Crippen LogP contribution in [0.4, 0.5) is 5.69 Å². The number of carbonyl (C=O) groups is 1. The van der Waals surface area contributed by atoms with Gasteiger partial charge in [-0.05, 0) is 42.0 Å². The molecule has 3 rings (SSSR count). The number of amides is 1. The van der Waals surface area contributed by atoms with Crippen molar-refractivity contribution in [2.24, 2.45) is 4.99 Å². The molecule has 0 unspecified atom stereocenters. The van der Waals surface area contributed by atoms with Crippen LogP contribution in [0.2, 0.25) is 0 Å². The largest absolute Gasteiger partial charge is 0.300 e. The van der Waals surface area contributed by atoms with Gasteiger partial charge < -0.3 is 5.32 Å². The number of aliphatic imine (C=N–C) groups is 1. The van der Waals surface area contributed by atoms with Crippen molar-refractivity contribution in [3.8, 4) is 0 Å². The van der Waals surface area contributed by atoms with E-state index in [1.54, 1.807) is 0 Å². The van der Waals surface area contributed by atoms with Crippen LogP contribution in [0.5, 0.6) is 0 Å². The Balaban J connectivity index is 1.74. The average molecular weight is 320 g/mol. The molecule has 1 aliphatic rings. The molecule has 0 radical (unpaired) electrons. The number of hydrogen-bond donors (Lipinski definition) is 1. The molecular weight excluding hydrogens is 304 g/mol. The molecule has 114 valence electrons. The second-order valence-corrected chi connectivity index (χ2v) is 6.09. The maximum absolute atomic E-state index is 12.0. The van der Waals surface area contributed by atoms with Gasteiger partial charge in [0.1, 0.15) is 0 Å². The van der Waals surface area contributed by atoms with Crippen molar-refractivity contribution >= 4 is 34.6 Å². The third-order valence-electron chi connectivity index (χ3n) is 3.32. The van der Waals surface area contributed by atoms with E-state index in [4.69, 9.17) is 0 Å². The molecule has 0 aromatic heterocycles. The molecule has 4 heteroatoms. The van der Waals surface area contributed by atoms with Gasteiger partial charge in [0.05, 0.1) is 10.6 Å². The summed E-state index contributed by atoms with van der Waals surface area (Å²) in [6.45, 7) is 2.00. The van der Waals surface area contributed by atoms with E-state index in [9.17, 15) is 4.79 Å². The summed E-state index contributed by atoms with van der Waals surface area (Å²) in [6, 6.07) is 17.8. The Hall–Kier alpha value is -2.59. The van der Waals surface area contributed by atoms with Gasteiger partial charge in [0, 0.05) is 0 Å². The number of para-hydroxylation sites is 1. The van der Waals surface area contributed by atoms with E-state index >= 15 is 0 Å². The minimum absolute atomic E-state index is 0.111. The smallest absolute Gasteiger partial charge is 0.264 e. The van der Waals surface area contributed by atoms with Gasteiger partial charge in [-0.3, -0.25) is 4.79 Å². The molecule has 1 saturated heterocycles. The van der Waals surface area contributed by atoms with Crippen molar-refractivity contribution in [2.45, 2.75) is 6.92 Å². The molecule has 1 fully saturated rings. The van der Waals surface area contributed by atoms with Crippen molar-refractivity contribution in [3.63, 3.8) is 0 Å². The van der Waals surface area contributed by atoms with Gasteiger partial charge in [0.2, 0.25) is 0 Å². The molecule has 0 spiro atoms. The SMILES string of the molecule is Cc1ccccc1N=C1NC(=O)/C(=C/C=C\c2ccccc2)S1. The van der Waals surface area contributed by atoms with Gasteiger partial charge in [0.25, 0.3) is 5.91 Å². The Bertz CT molecular complexity index is 807. The predicted molar refractivity (Wildman–Crippen MR) is 97.6 cm³/mol. The number of aryl methyl sites for hydroxylation is 1. The van der Waals surface area contributed by atoms with Crippen LogP contribution < -0.4 is 5.32 Å². The van der Waals surface area contributed by atoms with Gasteiger partial charge in [-0.2, -0.15) is 0 Å². The number of nitrogens with one attached hydrogen (secondary N) is 1. The first-order valence-electron chi connectivity index (χ1n) is 7.29. The molecule has 1 N–H and O–H groups in total.